The molecule has 4 heteroatoms. The quantitative estimate of drug-likeness (QED) is 0.292. The maximum absolute atomic E-state index is 12.3. The maximum atomic E-state index is 12.3. The van der Waals surface area contributed by atoms with Crippen LogP contribution in [0.25, 0.3) is 22.4 Å². The van der Waals surface area contributed by atoms with E-state index in [1.54, 1.807) is 0 Å². The van der Waals surface area contributed by atoms with E-state index < -0.39 is 0 Å². The van der Waals surface area contributed by atoms with Gasteiger partial charge in [0.2, 0.25) is 0 Å². The van der Waals surface area contributed by atoms with Crippen LogP contribution in [0.4, 0.5) is 0 Å². The lowest BCUT2D eigenvalue weighted by Gasteiger charge is -2.05. The first kappa shape index (κ1) is 19.1. The van der Waals surface area contributed by atoms with Gasteiger partial charge in [-0.15, -0.1) is 10.2 Å². The van der Waals surface area contributed by atoms with Gasteiger partial charge < -0.3 is 0 Å². The minimum atomic E-state index is 0.0948. The number of thioether (sulfide) groups is 1. The number of benzene rings is 3. The Morgan fingerprint density at radius 1 is 0.724 bits per heavy atom. The highest BCUT2D eigenvalue weighted by atomic mass is 32.2. The molecule has 0 atom stereocenters. The third-order valence-electron chi connectivity index (χ3n) is 4.65. The summed E-state index contributed by atoms with van der Waals surface area (Å²) >= 11 is 1.41. The number of carbonyl (C=O) groups is 1. The van der Waals surface area contributed by atoms with E-state index >= 15 is 0 Å². The Kier molecular flexibility index (Phi) is 5.82. The summed E-state index contributed by atoms with van der Waals surface area (Å²) in [6, 6.07) is 30.1. The number of ketones is 1. The SMILES string of the molecule is Cc1ccc(C(=O)CSc2ccc(-c3ccc(-c4ccccc4)cc3)nn2)cc1. The third kappa shape index (κ3) is 4.79. The topological polar surface area (TPSA) is 42.9 Å². The first-order valence-corrected chi connectivity index (χ1v) is 10.4. The van der Waals surface area contributed by atoms with Crippen molar-refractivity contribution in [2.45, 2.75) is 11.9 Å². The molecule has 0 aliphatic carbocycles. The van der Waals surface area contributed by atoms with Crippen LogP contribution in [0.5, 0.6) is 0 Å². The average Bonchev–Trinajstić information content (AvgIpc) is 2.79. The Hall–Kier alpha value is -3.24. The van der Waals surface area contributed by atoms with Gasteiger partial charge in [0.05, 0.1) is 11.4 Å². The summed E-state index contributed by atoms with van der Waals surface area (Å²) < 4.78 is 0. The molecule has 0 spiro atoms. The van der Waals surface area contributed by atoms with E-state index in [9.17, 15) is 4.79 Å². The van der Waals surface area contributed by atoms with Crippen LogP contribution in [0.3, 0.4) is 0 Å². The summed E-state index contributed by atoms with van der Waals surface area (Å²) in [5.74, 6) is 0.445. The molecule has 142 valence electrons. The summed E-state index contributed by atoms with van der Waals surface area (Å²) in [6.45, 7) is 2.01. The van der Waals surface area contributed by atoms with Crippen molar-refractivity contribution in [3.63, 3.8) is 0 Å². The minimum absolute atomic E-state index is 0.0948. The number of aryl methyl sites for hydroxylation is 1. The van der Waals surface area contributed by atoms with Crippen molar-refractivity contribution in [1.29, 1.82) is 0 Å². The van der Waals surface area contributed by atoms with Gasteiger partial charge in [-0.2, -0.15) is 0 Å². The highest BCUT2D eigenvalue weighted by Gasteiger charge is 2.08. The molecule has 3 nitrogen and oxygen atoms in total. The largest absolute Gasteiger partial charge is 0.293 e. The molecule has 4 rings (SSSR count). The predicted molar refractivity (Wildman–Crippen MR) is 119 cm³/mol. The van der Waals surface area contributed by atoms with Crippen molar-refractivity contribution in [2.75, 3.05) is 5.75 Å². The van der Waals surface area contributed by atoms with Crippen LogP contribution in [0.1, 0.15) is 15.9 Å². The number of Topliss-reactive ketones (excluding diaryl/α,β-unsaturated/α-hetero) is 1. The predicted octanol–water partition coefficient (Wildman–Crippen LogP) is 6.09. The Bertz CT molecular complexity index is 1090. The van der Waals surface area contributed by atoms with Crippen molar-refractivity contribution >= 4 is 17.5 Å². The molecule has 1 heterocycles. The van der Waals surface area contributed by atoms with Crippen LogP contribution in [0, 0.1) is 6.92 Å². The van der Waals surface area contributed by atoms with E-state index in [2.05, 4.69) is 46.6 Å². The Balaban J connectivity index is 1.40. The summed E-state index contributed by atoms with van der Waals surface area (Å²) in [7, 11) is 0. The zero-order valence-corrected chi connectivity index (χ0v) is 16.9. The Morgan fingerprint density at radius 3 is 2.03 bits per heavy atom. The second-order valence-corrected chi connectivity index (χ2v) is 7.77. The molecule has 0 aliphatic heterocycles. The van der Waals surface area contributed by atoms with E-state index in [-0.39, 0.29) is 5.78 Å². The smallest absolute Gasteiger partial charge is 0.173 e. The second kappa shape index (κ2) is 8.84. The molecule has 0 saturated carbocycles. The molecule has 0 fully saturated rings. The van der Waals surface area contributed by atoms with Gasteiger partial charge in [0, 0.05) is 11.1 Å². The maximum Gasteiger partial charge on any atom is 0.173 e. The van der Waals surface area contributed by atoms with E-state index in [1.807, 2.05) is 61.5 Å². The molecule has 1 aromatic heterocycles. The molecule has 0 N–H and O–H groups in total. The number of nitrogens with zero attached hydrogens (tertiary/aromatic N) is 2. The lowest BCUT2D eigenvalue weighted by molar-refractivity contribution is 0.102. The molecule has 0 aliphatic rings. The van der Waals surface area contributed by atoms with Crippen molar-refractivity contribution in [1.82, 2.24) is 10.2 Å². The van der Waals surface area contributed by atoms with E-state index in [0.29, 0.717) is 5.75 Å². The molecular formula is C25H20N2OS. The molecular weight excluding hydrogens is 376 g/mol. The van der Waals surface area contributed by atoms with Gasteiger partial charge in [0.15, 0.2) is 5.78 Å². The Morgan fingerprint density at radius 2 is 1.38 bits per heavy atom. The number of hydrogen-bond donors (Lipinski definition) is 0. The lowest BCUT2D eigenvalue weighted by Crippen LogP contribution is -2.02. The van der Waals surface area contributed by atoms with Crippen LogP contribution in [0.2, 0.25) is 0 Å². The fourth-order valence-electron chi connectivity index (χ4n) is 2.98. The zero-order valence-electron chi connectivity index (χ0n) is 16.1. The Labute approximate surface area is 174 Å². The van der Waals surface area contributed by atoms with E-state index in [0.717, 1.165) is 27.4 Å². The number of aromatic nitrogens is 2. The molecule has 29 heavy (non-hydrogen) atoms. The summed E-state index contributed by atoms with van der Waals surface area (Å²) in [4.78, 5) is 12.3. The molecule has 0 saturated heterocycles. The van der Waals surface area contributed by atoms with Gasteiger partial charge >= 0.3 is 0 Å². The van der Waals surface area contributed by atoms with Crippen LogP contribution >= 0.6 is 11.8 Å². The standard InChI is InChI=1S/C25H20N2OS/c1-18-7-9-22(10-8-18)24(28)17-29-25-16-15-23(26-27-25)21-13-11-20(12-14-21)19-5-3-2-4-6-19/h2-16H,17H2,1H3. The number of carbonyl (C=O) groups excluding carboxylic acids is 1. The van der Waals surface area contributed by atoms with Crippen LogP contribution < -0.4 is 0 Å². The molecule has 0 amide bonds. The van der Waals surface area contributed by atoms with Gasteiger partial charge in [-0.1, -0.05) is 96.2 Å². The van der Waals surface area contributed by atoms with Crippen molar-refractivity contribution in [3.8, 4) is 22.4 Å². The van der Waals surface area contributed by atoms with E-state index in [1.165, 1.54) is 22.9 Å². The lowest BCUT2D eigenvalue weighted by atomic mass is 10.0. The molecule has 3 aromatic carbocycles. The first-order valence-electron chi connectivity index (χ1n) is 9.41. The second-order valence-electron chi connectivity index (χ2n) is 6.78. The van der Waals surface area contributed by atoms with Gasteiger partial charge in [0.25, 0.3) is 0 Å². The van der Waals surface area contributed by atoms with Gasteiger partial charge in [0.1, 0.15) is 5.03 Å². The molecule has 0 radical (unpaired) electrons. The minimum Gasteiger partial charge on any atom is -0.293 e. The summed E-state index contributed by atoms with van der Waals surface area (Å²) in [5.41, 5.74) is 6.07. The summed E-state index contributed by atoms with van der Waals surface area (Å²) in [5, 5.41) is 9.35. The fraction of sp³-hybridized carbons (Fsp3) is 0.0800. The first-order chi connectivity index (χ1) is 14.2. The average molecular weight is 397 g/mol. The normalized spacial score (nSPS) is 10.7. The summed E-state index contributed by atoms with van der Waals surface area (Å²) in [6.07, 6.45) is 0. The van der Waals surface area contributed by atoms with Crippen LogP contribution in [-0.2, 0) is 0 Å². The van der Waals surface area contributed by atoms with Crippen molar-refractivity contribution in [3.05, 3.63) is 102 Å². The zero-order chi connectivity index (χ0) is 20.1. The van der Waals surface area contributed by atoms with Gasteiger partial charge in [-0.05, 0) is 30.2 Å². The highest BCUT2D eigenvalue weighted by molar-refractivity contribution is 7.99. The van der Waals surface area contributed by atoms with Crippen LogP contribution in [0.15, 0.2) is 96.0 Å². The van der Waals surface area contributed by atoms with Crippen molar-refractivity contribution < 1.29 is 4.79 Å². The number of hydrogen-bond acceptors (Lipinski definition) is 4. The molecule has 0 unspecified atom stereocenters. The fourth-order valence-corrected chi connectivity index (χ4v) is 3.69. The van der Waals surface area contributed by atoms with Gasteiger partial charge in [-0.3, -0.25) is 4.79 Å². The van der Waals surface area contributed by atoms with E-state index in [4.69, 9.17) is 0 Å². The van der Waals surface area contributed by atoms with Crippen molar-refractivity contribution in [2.24, 2.45) is 0 Å². The monoisotopic (exact) mass is 396 g/mol. The van der Waals surface area contributed by atoms with Crippen LogP contribution in [-0.4, -0.2) is 21.7 Å². The number of rotatable bonds is 6. The van der Waals surface area contributed by atoms with Gasteiger partial charge in [-0.25, -0.2) is 0 Å². The molecule has 4 aromatic rings. The molecule has 0 bridgehead atoms. The third-order valence-corrected chi connectivity index (χ3v) is 5.57. The highest BCUT2D eigenvalue weighted by Crippen LogP contribution is 2.24.